The number of pyridine rings is 2. The molecule has 3 aromatic rings. The molecule has 6 nitrogen and oxygen atoms in total. The number of benzene rings is 1. The smallest absolute Gasteiger partial charge is 0.275 e. The molecule has 2 aromatic heterocycles. The first-order chi connectivity index (χ1) is 12.3. The minimum atomic E-state index is -0.373. The second-order valence-corrected chi connectivity index (χ2v) is 5.03. The van der Waals surface area contributed by atoms with Crippen LogP contribution >= 0.6 is 0 Å². The van der Waals surface area contributed by atoms with Gasteiger partial charge in [0.05, 0.1) is 24.1 Å². The molecule has 0 radical (unpaired) electrons. The summed E-state index contributed by atoms with van der Waals surface area (Å²) in [4.78, 5) is 21.0. The van der Waals surface area contributed by atoms with Gasteiger partial charge >= 0.3 is 0 Å². The number of nitrogens with one attached hydrogen (secondary N) is 1. The maximum absolute atomic E-state index is 12.5. The number of hydrogen-bond donors (Lipinski definition) is 1. The number of carbonyl (C=O) groups is 1. The van der Waals surface area contributed by atoms with Crippen LogP contribution in [0.1, 0.15) is 21.7 Å². The van der Waals surface area contributed by atoms with Crippen LogP contribution in [-0.4, -0.2) is 28.7 Å². The van der Waals surface area contributed by atoms with Crippen molar-refractivity contribution in [2.75, 3.05) is 7.11 Å². The summed E-state index contributed by atoms with van der Waals surface area (Å²) in [5.41, 5.74) is 4.66. The average molecular weight is 332 g/mol. The van der Waals surface area contributed by atoms with E-state index in [1.165, 1.54) is 7.11 Å². The van der Waals surface area contributed by atoms with Crippen LogP contribution in [0, 0.1) is 0 Å². The van der Waals surface area contributed by atoms with Gasteiger partial charge < -0.3 is 4.74 Å². The van der Waals surface area contributed by atoms with Crippen LogP contribution in [0.15, 0.2) is 78.2 Å². The van der Waals surface area contributed by atoms with Crippen LogP contribution in [0.5, 0.6) is 5.75 Å². The third-order valence-corrected chi connectivity index (χ3v) is 3.44. The van der Waals surface area contributed by atoms with Crippen molar-refractivity contribution >= 4 is 11.6 Å². The van der Waals surface area contributed by atoms with E-state index in [1.807, 2.05) is 36.4 Å². The van der Waals surface area contributed by atoms with E-state index in [-0.39, 0.29) is 5.91 Å². The fourth-order valence-electron chi connectivity index (χ4n) is 2.25. The minimum absolute atomic E-state index is 0.373. The van der Waals surface area contributed by atoms with Gasteiger partial charge in [0.1, 0.15) is 11.5 Å². The first-order valence-electron chi connectivity index (χ1n) is 7.63. The first-order valence-corrected chi connectivity index (χ1v) is 7.63. The van der Waals surface area contributed by atoms with Gasteiger partial charge in [0.25, 0.3) is 5.91 Å². The van der Waals surface area contributed by atoms with E-state index in [9.17, 15) is 4.79 Å². The van der Waals surface area contributed by atoms with Crippen LogP contribution in [0.2, 0.25) is 0 Å². The van der Waals surface area contributed by atoms with Crippen LogP contribution in [0.4, 0.5) is 0 Å². The predicted molar refractivity (Wildman–Crippen MR) is 94.6 cm³/mol. The highest BCUT2D eigenvalue weighted by Crippen LogP contribution is 2.17. The van der Waals surface area contributed by atoms with E-state index in [2.05, 4.69) is 20.5 Å². The molecular formula is C19H16N4O2. The van der Waals surface area contributed by atoms with Gasteiger partial charge in [0.2, 0.25) is 0 Å². The number of hydrazone groups is 1. The van der Waals surface area contributed by atoms with E-state index in [0.29, 0.717) is 28.4 Å². The molecule has 1 aromatic carbocycles. The Morgan fingerprint density at radius 1 is 0.920 bits per heavy atom. The van der Waals surface area contributed by atoms with Crippen LogP contribution in [0.25, 0.3) is 0 Å². The molecule has 0 spiro atoms. The second kappa shape index (κ2) is 7.83. The lowest BCUT2D eigenvalue weighted by molar-refractivity contribution is 0.0952. The molecule has 0 unspecified atom stereocenters. The van der Waals surface area contributed by atoms with Crippen molar-refractivity contribution in [3.8, 4) is 5.75 Å². The summed E-state index contributed by atoms with van der Waals surface area (Å²) in [6.07, 6.45) is 3.33. The van der Waals surface area contributed by atoms with Gasteiger partial charge in [-0.15, -0.1) is 0 Å². The number of hydrogen-bond acceptors (Lipinski definition) is 5. The predicted octanol–water partition coefficient (Wildman–Crippen LogP) is 2.67. The second-order valence-electron chi connectivity index (χ2n) is 5.03. The van der Waals surface area contributed by atoms with E-state index in [1.54, 1.807) is 36.7 Å². The number of methoxy groups -OCH3 is 1. The first kappa shape index (κ1) is 16.3. The zero-order valence-corrected chi connectivity index (χ0v) is 13.6. The highest BCUT2D eigenvalue weighted by molar-refractivity contribution is 6.11. The van der Waals surface area contributed by atoms with Crippen molar-refractivity contribution in [1.29, 1.82) is 0 Å². The average Bonchev–Trinajstić information content (AvgIpc) is 2.69. The Bertz CT molecular complexity index is 839. The Kier molecular flexibility index (Phi) is 5.11. The third kappa shape index (κ3) is 3.87. The zero-order chi connectivity index (χ0) is 17.5. The molecule has 124 valence electrons. The highest BCUT2D eigenvalue weighted by Gasteiger charge is 2.13. The normalized spacial score (nSPS) is 9.96. The maximum atomic E-state index is 12.5. The van der Waals surface area contributed by atoms with Crippen molar-refractivity contribution < 1.29 is 9.53 Å². The van der Waals surface area contributed by atoms with Crippen molar-refractivity contribution in [3.63, 3.8) is 0 Å². The summed E-state index contributed by atoms with van der Waals surface area (Å²) in [7, 11) is 1.52. The molecule has 0 aliphatic rings. The number of aromatic nitrogens is 2. The Morgan fingerprint density at radius 3 is 2.08 bits per heavy atom. The SMILES string of the molecule is COc1ccccc1C(=O)NN=C(c1ccccn1)c1ccccn1. The van der Waals surface area contributed by atoms with Crippen LogP contribution in [-0.2, 0) is 0 Å². The highest BCUT2D eigenvalue weighted by atomic mass is 16.5. The van der Waals surface area contributed by atoms with Crippen LogP contribution < -0.4 is 10.2 Å². The molecule has 3 rings (SSSR count). The molecule has 1 amide bonds. The maximum Gasteiger partial charge on any atom is 0.275 e. The molecule has 0 aliphatic carbocycles. The standard InChI is InChI=1S/C19H16N4O2/c1-25-17-11-3-2-8-14(17)19(24)23-22-18(15-9-4-6-12-20-15)16-10-5-7-13-21-16/h2-13H,1H3,(H,23,24). The minimum Gasteiger partial charge on any atom is -0.496 e. The summed E-state index contributed by atoms with van der Waals surface area (Å²) in [5.74, 6) is 0.106. The van der Waals surface area contributed by atoms with Crippen molar-refractivity contribution in [2.45, 2.75) is 0 Å². The molecule has 0 aliphatic heterocycles. The van der Waals surface area contributed by atoms with Crippen LogP contribution in [0.3, 0.4) is 0 Å². The lowest BCUT2D eigenvalue weighted by Gasteiger charge is -2.08. The van der Waals surface area contributed by atoms with E-state index in [0.717, 1.165) is 0 Å². The number of rotatable bonds is 5. The molecule has 0 fully saturated rings. The lowest BCUT2D eigenvalue weighted by atomic mass is 10.1. The quantitative estimate of drug-likeness (QED) is 0.576. The van der Waals surface area contributed by atoms with Crippen molar-refractivity contribution in [2.24, 2.45) is 5.10 Å². The third-order valence-electron chi connectivity index (χ3n) is 3.44. The number of ether oxygens (including phenoxy) is 1. The largest absolute Gasteiger partial charge is 0.496 e. The molecule has 6 heteroatoms. The lowest BCUT2D eigenvalue weighted by Crippen LogP contribution is -2.22. The monoisotopic (exact) mass is 332 g/mol. The Balaban J connectivity index is 1.93. The topological polar surface area (TPSA) is 76.5 Å². The van der Waals surface area contributed by atoms with E-state index < -0.39 is 0 Å². The number of amides is 1. The zero-order valence-electron chi connectivity index (χ0n) is 13.6. The van der Waals surface area contributed by atoms with Gasteiger partial charge in [-0.1, -0.05) is 24.3 Å². The molecule has 0 atom stereocenters. The summed E-state index contributed by atoms with van der Waals surface area (Å²) >= 11 is 0. The summed E-state index contributed by atoms with van der Waals surface area (Å²) in [6, 6.07) is 17.9. The van der Waals surface area contributed by atoms with Gasteiger partial charge in [-0.2, -0.15) is 5.10 Å². The molecule has 0 saturated heterocycles. The summed E-state index contributed by atoms with van der Waals surface area (Å²) < 4.78 is 5.21. The van der Waals surface area contributed by atoms with E-state index >= 15 is 0 Å². The van der Waals surface area contributed by atoms with Gasteiger partial charge in [0.15, 0.2) is 0 Å². The Morgan fingerprint density at radius 2 is 1.52 bits per heavy atom. The molecule has 2 heterocycles. The van der Waals surface area contributed by atoms with Gasteiger partial charge in [-0.05, 0) is 36.4 Å². The van der Waals surface area contributed by atoms with Crippen molar-refractivity contribution in [3.05, 3.63) is 90.0 Å². The molecular weight excluding hydrogens is 316 g/mol. The molecule has 25 heavy (non-hydrogen) atoms. The Labute approximate surface area is 145 Å². The number of carbonyl (C=O) groups excluding carboxylic acids is 1. The fraction of sp³-hybridized carbons (Fsp3) is 0.0526. The summed E-state index contributed by atoms with van der Waals surface area (Å²) in [5, 5.41) is 4.25. The summed E-state index contributed by atoms with van der Waals surface area (Å²) in [6.45, 7) is 0. The van der Waals surface area contributed by atoms with Gasteiger partial charge in [0, 0.05) is 12.4 Å². The van der Waals surface area contributed by atoms with Gasteiger partial charge in [-0.3, -0.25) is 14.8 Å². The molecule has 1 N–H and O–H groups in total. The number of nitrogens with zero attached hydrogens (tertiary/aromatic N) is 3. The van der Waals surface area contributed by atoms with Crippen molar-refractivity contribution in [1.82, 2.24) is 15.4 Å². The number of para-hydroxylation sites is 1. The van der Waals surface area contributed by atoms with E-state index in [4.69, 9.17) is 4.74 Å². The Hall–Kier alpha value is -3.54. The van der Waals surface area contributed by atoms with Gasteiger partial charge in [-0.25, -0.2) is 5.43 Å². The fourth-order valence-corrected chi connectivity index (χ4v) is 2.25. The molecule has 0 saturated carbocycles. The molecule has 0 bridgehead atoms.